The van der Waals surface area contributed by atoms with Crippen molar-refractivity contribution in [3.05, 3.63) is 29.8 Å². The highest BCUT2D eigenvalue weighted by molar-refractivity contribution is 8.13. The van der Waals surface area contributed by atoms with Crippen LogP contribution in [0.25, 0.3) is 11.4 Å². The zero-order valence-corrected chi connectivity index (χ0v) is 12.2. The Hall–Kier alpha value is -1.40. The van der Waals surface area contributed by atoms with E-state index in [1.54, 1.807) is 0 Å². The third-order valence-electron chi connectivity index (χ3n) is 2.89. The Kier molecular flexibility index (Phi) is 3.91. The number of aryl methyl sites for hydroxylation is 1. The molecule has 0 unspecified atom stereocenters. The first-order chi connectivity index (χ1) is 8.99. The van der Waals surface area contributed by atoms with Gasteiger partial charge < -0.3 is 0 Å². The maximum Gasteiger partial charge on any atom is 0.296 e. The van der Waals surface area contributed by atoms with Crippen LogP contribution in [0.2, 0.25) is 0 Å². The van der Waals surface area contributed by atoms with Gasteiger partial charge in [0.1, 0.15) is 0 Å². The number of halogens is 1. The van der Waals surface area contributed by atoms with Crippen molar-refractivity contribution in [2.75, 3.05) is 0 Å². The second-order valence-electron chi connectivity index (χ2n) is 4.00. The molecule has 1 heterocycles. The molecule has 0 aliphatic carbocycles. The van der Waals surface area contributed by atoms with Crippen LogP contribution in [0.4, 0.5) is 0 Å². The smallest absolute Gasteiger partial charge is 0.296 e. The van der Waals surface area contributed by atoms with E-state index in [4.69, 9.17) is 10.7 Å². The first-order valence-corrected chi connectivity index (χ1v) is 8.26. The average molecular weight is 300 g/mol. The van der Waals surface area contributed by atoms with Crippen LogP contribution in [-0.2, 0) is 22.0 Å². The molecule has 0 spiro atoms. The molecule has 0 aliphatic heterocycles. The fourth-order valence-electron chi connectivity index (χ4n) is 2.00. The average Bonchev–Trinajstić information content (AvgIpc) is 2.82. The van der Waals surface area contributed by atoms with E-state index in [9.17, 15) is 8.42 Å². The number of rotatable bonds is 4. The number of nitrogens with zero attached hydrogens (tertiary/aromatic N) is 3. The second-order valence-corrected chi connectivity index (χ2v) is 6.46. The van der Waals surface area contributed by atoms with Crippen LogP contribution in [0.5, 0.6) is 0 Å². The number of hydrogen-bond acceptors (Lipinski definition) is 4. The van der Waals surface area contributed by atoms with Gasteiger partial charge in [0.05, 0.1) is 0 Å². The monoisotopic (exact) mass is 299 g/mol. The van der Waals surface area contributed by atoms with E-state index in [1.807, 2.05) is 38.1 Å². The van der Waals surface area contributed by atoms with E-state index in [2.05, 4.69) is 10.2 Å². The Labute approximate surface area is 116 Å². The molecule has 0 saturated heterocycles. The summed E-state index contributed by atoms with van der Waals surface area (Å²) in [5.74, 6) is 0.527. The summed E-state index contributed by atoms with van der Waals surface area (Å²) in [6.07, 6.45) is 0.829. The fraction of sp³-hybridized carbons (Fsp3) is 0.333. The van der Waals surface area contributed by atoms with E-state index < -0.39 is 9.05 Å². The summed E-state index contributed by atoms with van der Waals surface area (Å²) in [5, 5.41) is 7.47. The lowest BCUT2D eigenvalue weighted by molar-refractivity contribution is 0.582. The Morgan fingerprint density at radius 1 is 1.21 bits per heavy atom. The SMILES string of the molecule is CCc1ccccc1-c1nnc(S(=O)(=O)Cl)n1CC. The predicted octanol–water partition coefficient (Wildman–Crippen LogP) is 2.45. The molecule has 1 aromatic carbocycles. The quantitative estimate of drug-likeness (QED) is 0.814. The van der Waals surface area contributed by atoms with Gasteiger partial charge in [-0.25, -0.2) is 8.42 Å². The van der Waals surface area contributed by atoms with E-state index in [1.165, 1.54) is 4.57 Å². The molecule has 102 valence electrons. The lowest BCUT2D eigenvalue weighted by atomic mass is 10.0. The zero-order chi connectivity index (χ0) is 14.0. The summed E-state index contributed by atoms with van der Waals surface area (Å²) < 4.78 is 24.4. The number of benzene rings is 1. The maximum absolute atomic E-state index is 11.5. The van der Waals surface area contributed by atoms with Gasteiger partial charge in [-0.3, -0.25) is 4.57 Å². The number of aromatic nitrogens is 3. The van der Waals surface area contributed by atoms with Gasteiger partial charge in [-0.1, -0.05) is 31.2 Å². The summed E-state index contributed by atoms with van der Waals surface area (Å²) in [6.45, 7) is 4.29. The van der Waals surface area contributed by atoms with Crippen LogP contribution >= 0.6 is 10.7 Å². The molecule has 19 heavy (non-hydrogen) atoms. The fourth-order valence-corrected chi connectivity index (χ4v) is 2.96. The summed E-state index contributed by atoms with van der Waals surface area (Å²) >= 11 is 0. The Morgan fingerprint density at radius 2 is 1.89 bits per heavy atom. The van der Waals surface area contributed by atoms with Crippen LogP contribution < -0.4 is 0 Å². The molecule has 0 fully saturated rings. The van der Waals surface area contributed by atoms with Crippen molar-refractivity contribution in [1.82, 2.24) is 14.8 Å². The van der Waals surface area contributed by atoms with E-state index in [0.29, 0.717) is 12.4 Å². The third kappa shape index (κ3) is 2.64. The number of hydrogen-bond donors (Lipinski definition) is 0. The zero-order valence-electron chi connectivity index (χ0n) is 10.7. The van der Waals surface area contributed by atoms with Crippen LogP contribution in [0.3, 0.4) is 0 Å². The van der Waals surface area contributed by atoms with Crippen LogP contribution in [0.15, 0.2) is 29.4 Å². The van der Waals surface area contributed by atoms with Gasteiger partial charge in [-0.2, -0.15) is 0 Å². The highest BCUT2D eigenvalue weighted by Gasteiger charge is 2.23. The van der Waals surface area contributed by atoms with Crippen molar-refractivity contribution < 1.29 is 8.42 Å². The van der Waals surface area contributed by atoms with Crippen molar-refractivity contribution in [3.63, 3.8) is 0 Å². The van der Waals surface area contributed by atoms with E-state index >= 15 is 0 Å². The molecule has 0 amide bonds. The minimum Gasteiger partial charge on any atom is -0.297 e. The summed E-state index contributed by atoms with van der Waals surface area (Å²) in [4.78, 5) is 0. The Balaban J connectivity index is 2.67. The standard InChI is InChI=1S/C12H14ClN3O2S/c1-3-9-7-5-6-8-10(9)11-14-15-12(16(11)4-2)19(13,17)18/h5-8H,3-4H2,1-2H3. The maximum atomic E-state index is 11.5. The van der Waals surface area contributed by atoms with Crippen molar-refractivity contribution in [2.24, 2.45) is 0 Å². The summed E-state index contributed by atoms with van der Waals surface area (Å²) in [6, 6.07) is 7.71. The summed E-state index contributed by atoms with van der Waals surface area (Å²) in [7, 11) is 1.48. The minimum atomic E-state index is -3.89. The molecule has 0 saturated carbocycles. The molecular weight excluding hydrogens is 286 g/mol. The van der Waals surface area contributed by atoms with Crippen molar-refractivity contribution in [1.29, 1.82) is 0 Å². The minimum absolute atomic E-state index is 0.211. The van der Waals surface area contributed by atoms with Crippen LogP contribution in [0.1, 0.15) is 19.4 Å². The Bertz CT molecular complexity index is 695. The molecular formula is C12H14ClN3O2S. The molecule has 0 bridgehead atoms. The molecule has 2 rings (SSSR count). The largest absolute Gasteiger partial charge is 0.297 e. The highest BCUT2D eigenvalue weighted by Crippen LogP contribution is 2.25. The molecule has 2 aromatic rings. The second kappa shape index (κ2) is 5.30. The topological polar surface area (TPSA) is 64.8 Å². The Morgan fingerprint density at radius 3 is 2.47 bits per heavy atom. The van der Waals surface area contributed by atoms with Crippen molar-refractivity contribution >= 4 is 19.7 Å². The van der Waals surface area contributed by atoms with Crippen LogP contribution in [-0.4, -0.2) is 23.2 Å². The van der Waals surface area contributed by atoms with Gasteiger partial charge in [-0.05, 0) is 18.9 Å². The van der Waals surface area contributed by atoms with Crippen molar-refractivity contribution in [2.45, 2.75) is 32.0 Å². The predicted molar refractivity (Wildman–Crippen MR) is 73.5 cm³/mol. The van der Waals surface area contributed by atoms with E-state index in [-0.39, 0.29) is 5.16 Å². The third-order valence-corrected chi connectivity index (χ3v) is 4.04. The lowest BCUT2D eigenvalue weighted by Crippen LogP contribution is -2.06. The molecule has 7 heteroatoms. The summed E-state index contributed by atoms with van der Waals surface area (Å²) in [5.41, 5.74) is 1.97. The molecule has 0 radical (unpaired) electrons. The van der Waals surface area contributed by atoms with Gasteiger partial charge in [0.25, 0.3) is 14.2 Å². The van der Waals surface area contributed by atoms with Gasteiger partial charge in [0.15, 0.2) is 5.82 Å². The van der Waals surface area contributed by atoms with Gasteiger partial charge in [-0.15, -0.1) is 10.2 Å². The molecule has 0 N–H and O–H groups in total. The van der Waals surface area contributed by atoms with Crippen LogP contribution in [0, 0.1) is 0 Å². The molecule has 0 atom stereocenters. The lowest BCUT2D eigenvalue weighted by Gasteiger charge is -2.09. The van der Waals surface area contributed by atoms with Crippen molar-refractivity contribution in [3.8, 4) is 11.4 Å². The van der Waals surface area contributed by atoms with Gasteiger partial charge in [0, 0.05) is 22.8 Å². The molecule has 1 aromatic heterocycles. The first kappa shape index (κ1) is 14.0. The van der Waals surface area contributed by atoms with E-state index in [0.717, 1.165) is 17.5 Å². The van der Waals surface area contributed by atoms with Gasteiger partial charge >= 0.3 is 0 Å². The molecule has 5 nitrogen and oxygen atoms in total. The molecule has 0 aliphatic rings. The van der Waals surface area contributed by atoms with Gasteiger partial charge in [0.2, 0.25) is 0 Å². The normalized spacial score (nSPS) is 11.7. The first-order valence-electron chi connectivity index (χ1n) is 5.95. The highest BCUT2D eigenvalue weighted by atomic mass is 35.7.